The maximum Gasteiger partial charge on any atom is 0.351 e. The van der Waals surface area contributed by atoms with Gasteiger partial charge in [0.2, 0.25) is 6.10 Å². The van der Waals surface area contributed by atoms with Gasteiger partial charge < -0.3 is 28.8 Å². The van der Waals surface area contributed by atoms with Crippen LogP contribution in [0.3, 0.4) is 0 Å². The van der Waals surface area contributed by atoms with Gasteiger partial charge in [0.15, 0.2) is 6.10 Å². The normalized spacial score (nSPS) is 11.7. The summed E-state index contributed by atoms with van der Waals surface area (Å²) in [7, 11) is 2.45. The van der Waals surface area contributed by atoms with Crippen LogP contribution in [0.1, 0.15) is 41.4 Å². The monoisotopic (exact) mass is 722 g/mol. The van der Waals surface area contributed by atoms with Crippen LogP contribution in [0, 0.1) is 0 Å². The molecule has 0 aliphatic carbocycles. The van der Waals surface area contributed by atoms with Gasteiger partial charge >= 0.3 is 17.9 Å². The van der Waals surface area contributed by atoms with Crippen molar-refractivity contribution in [2.75, 3.05) is 14.2 Å². The first-order valence-corrected chi connectivity index (χ1v) is 15.3. The van der Waals surface area contributed by atoms with Crippen LogP contribution in [-0.4, -0.2) is 37.2 Å². The first-order chi connectivity index (χ1) is 22.4. The molecule has 0 saturated carbocycles. The van der Waals surface area contributed by atoms with Crippen molar-refractivity contribution in [2.24, 2.45) is 0 Å². The smallest absolute Gasteiger partial charge is 0.351 e. The van der Waals surface area contributed by atoms with Crippen LogP contribution in [-0.2, 0) is 41.8 Å². The highest BCUT2D eigenvalue weighted by atomic mass is 35.5. The van der Waals surface area contributed by atoms with Crippen LogP contribution >= 0.6 is 46.4 Å². The highest BCUT2D eigenvalue weighted by Gasteiger charge is 2.24. The summed E-state index contributed by atoms with van der Waals surface area (Å²) < 4.78 is 25.4. The summed E-state index contributed by atoms with van der Waals surface area (Å²) in [4.78, 5) is 34.1. The number of hydrogen-bond donors (Lipinski definition) is 1. The minimum absolute atomic E-state index is 0.306. The number of esters is 3. The predicted molar refractivity (Wildman–Crippen MR) is 178 cm³/mol. The maximum atomic E-state index is 11.7. The molecular weight excluding hydrogens is 694 g/mol. The van der Waals surface area contributed by atoms with E-state index in [9.17, 15) is 19.5 Å². The molecule has 4 aromatic carbocycles. The molecule has 47 heavy (non-hydrogen) atoms. The third kappa shape index (κ3) is 11.6. The fourth-order valence-corrected chi connectivity index (χ4v) is 4.49. The molecule has 0 radical (unpaired) electrons. The zero-order chi connectivity index (χ0) is 34.5. The van der Waals surface area contributed by atoms with E-state index in [1.807, 2.05) is 12.1 Å². The van der Waals surface area contributed by atoms with Crippen LogP contribution in [0.5, 0.6) is 11.5 Å². The van der Waals surface area contributed by atoms with Gasteiger partial charge in [-0.2, -0.15) is 0 Å². The first kappa shape index (κ1) is 37.5. The second-order valence-corrected chi connectivity index (χ2v) is 11.3. The average Bonchev–Trinajstić information content (AvgIpc) is 3.08. The summed E-state index contributed by atoms with van der Waals surface area (Å²) in [5.41, 5.74) is 2.68. The van der Waals surface area contributed by atoms with Crippen LogP contribution in [0.2, 0.25) is 20.1 Å². The van der Waals surface area contributed by atoms with Gasteiger partial charge in [-0.1, -0.05) is 82.8 Å². The molecule has 4 aromatic rings. The lowest BCUT2D eigenvalue weighted by atomic mass is 10.1. The number of carbonyl (C=O) groups excluding carboxylic acids is 3. The molecule has 0 aliphatic heterocycles. The number of benzene rings is 4. The zero-order valence-corrected chi connectivity index (χ0v) is 28.4. The summed E-state index contributed by atoms with van der Waals surface area (Å²) in [6, 6.07) is 23.7. The van der Waals surface area contributed by atoms with E-state index in [4.69, 9.17) is 60.6 Å². The number of aliphatic hydroxyl groups excluding tert-OH is 1. The molecule has 13 heteroatoms. The van der Waals surface area contributed by atoms with Gasteiger partial charge in [-0.05, 0) is 65.2 Å². The second-order valence-electron chi connectivity index (χ2n) is 9.65. The third-order valence-electron chi connectivity index (χ3n) is 6.28. The Labute approximate surface area is 291 Å². The van der Waals surface area contributed by atoms with E-state index in [0.29, 0.717) is 55.9 Å². The van der Waals surface area contributed by atoms with Crippen LogP contribution in [0.15, 0.2) is 84.9 Å². The standard InChI is InChI=1S/C18H16Cl2O5.C16H14Cl2O4/c1-11(21)25-17(18(22)23-2)13-4-6-14(7-5-13)24-10-12-3-8-15(19)16(20)9-12;1-21-16(20)15(19)11-3-5-12(6-4-11)22-9-10-2-7-13(17)14(18)8-10/h3-9,17H,10H2,1-2H3;2-8,15,19H,9H2,1H3/t17-;15-/m00/s1. The van der Waals surface area contributed by atoms with Gasteiger partial charge in [-0.25, -0.2) is 9.59 Å². The molecule has 1 N–H and O–H groups in total. The van der Waals surface area contributed by atoms with Crippen molar-refractivity contribution in [3.63, 3.8) is 0 Å². The predicted octanol–water partition coefficient (Wildman–Crippen LogP) is 8.13. The number of halogens is 4. The largest absolute Gasteiger partial charge is 0.489 e. The molecule has 0 unspecified atom stereocenters. The summed E-state index contributed by atoms with van der Waals surface area (Å²) in [5.74, 6) is -0.743. The van der Waals surface area contributed by atoms with E-state index in [0.717, 1.165) is 11.1 Å². The minimum Gasteiger partial charge on any atom is -0.489 e. The van der Waals surface area contributed by atoms with E-state index in [2.05, 4.69) is 9.47 Å². The Morgan fingerprint density at radius 3 is 1.43 bits per heavy atom. The molecule has 0 bridgehead atoms. The Morgan fingerprint density at radius 2 is 1.04 bits per heavy atom. The SMILES string of the molecule is COC(=O)[C@@H](O)c1ccc(OCc2ccc(Cl)c(Cl)c2)cc1.COC(=O)[C@@H](OC(C)=O)c1ccc(OCc2ccc(Cl)c(Cl)c2)cc1. The van der Waals surface area contributed by atoms with Crippen molar-refractivity contribution in [3.05, 3.63) is 127 Å². The lowest BCUT2D eigenvalue weighted by Crippen LogP contribution is -2.19. The number of methoxy groups -OCH3 is 2. The molecule has 2 atom stereocenters. The van der Waals surface area contributed by atoms with Gasteiger partial charge in [0, 0.05) is 12.5 Å². The lowest BCUT2D eigenvalue weighted by molar-refractivity contribution is -0.165. The summed E-state index contributed by atoms with van der Waals surface area (Å²) in [6.07, 6.45) is -2.40. The fourth-order valence-electron chi connectivity index (χ4n) is 3.85. The third-order valence-corrected chi connectivity index (χ3v) is 7.76. The number of ether oxygens (including phenoxy) is 5. The number of carbonyl (C=O) groups is 3. The van der Waals surface area contributed by atoms with Gasteiger partial charge in [-0.3, -0.25) is 4.79 Å². The Balaban J connectivity index is 0.000000257. The molecule has 248 valence electrons. The molecule has 4 rings (SSSR count). The lowest BCUT2D eigenvalue weighted by Gasteiger charge is -2.15. The van der Waals surface area contributed by atoms with Crippen LogP contribution in [0.25, 0.3) is 0 Å². The van der Waals surface area contributed by atoms with E-state index < -0.39 is 30.1 Å². The molecule has 0 spiro atoms. The van der Waals surface area contributed by atoms with Crippen LogP contribution < -0.4 is 9.47 Å². The van der Waals surface area contributed by atoms with Gasteiger partial charge in [-0.15, -0.1) is 0 Å². The molecule has 0 saturated heterocycles. The molecule has 0 aliphatic rings. The Hall–Kier alpha value is -3.99. The van der Waals surface area contributed by atoms with Crippen molar-refractivity contribution in [3.8, 4) is 11.5 Å². The second kappa shape index (κ2) is 18.4. The van der Waals surface area contributed by atoms with Crippen molar-refractivity contribution in [1.82, 2.24) is 0 Å². The minimum atomic E-state index is -1.30. The van der Waals surface area contributed by atoms with E-state index in [1.54, 1.807) is 72.8 Å². The molecule has 0 amide bonds. The summed E-state index contributed by atoms with van der Waals surface area (Å²) in [6.45, 7) is 1.86. The molecular formula is C34H30Cl4O9. The van der Waals surface area contributed by atoms with Crippen molar-refractivity contribution in [2.45, 2.75) is 32.3 Å². The molecule has 0 aromatic heterocycles. The average molecular weight is 724 g/mol. The molecule has 0 fully saturated rings. The van der Waals surface area contributed by atoms with E-state index >= 15 is 0 Å². The highest BCUT2D eigenvalue weighted by Crippen LogP contribution is 2.26. The maximum absolute atomic E-state index is 11.7. The molecule has 9 nitrogen and oxygen atoms in total. The number of rotatable bonds is 11. The number of hydrogen-bond acceptors (Lipinski definition) is 9. The first-order valence-electron chi connectivity index (χ1n) is 13.8. The zero-order valence-electron chi connectivity index (χ0n) is 25.4. The Bertz CT molecular complexity index is 1660. The summed E-state index contributed by atoms with van der Waals surface area (Å²) in [5, 5.41) is 11.6. The van der Waals surface area contributed by atoms with E-state index in [-0.39, 0.29) is 0 Å². The Kier molecular flexibility index (Phi) is 14.6. The number of aliphatic hydroxyl groups is 1. The van der Waals surface area contributed by atoms with Crippen molar-refractivity contribution >= 4 is 64.3 Å². The summed E-state index contributed by atoms with van der Waals surface area (Å²) >= 11 is 23.6. The highest BCUT2D eigenvalue weighted by molar-refractivity contribution is 6.42. The van der Waals surface area contributed by atoms with Crippen LogP contribution in [0.4, 0.5) is 0 Å². The van der Waals surface area contributed by atoms with Crippen molar-refractivity contribution < 1.29 is 43.2 Å². The van der Waals surface area contributed by atoms with E-state index in [1.165, 1.54) is 21.1 Å². The quantitative estimate of drug-likeness (QED) is 0.121. The fraction of sp³-hybridized carbons (Fsp3) is 0.206. The molecule has 0 heterocycles. The topological polar surface area (TPSA) is 118 Å². The Morgan fingerprint density at radius 1 is 0.617 bits per heavy atom. The van der Waals surface area contributed by atoms with Gasteiger partial charge in [0.1, 0.15) is 24.7 Å². The van der Waals surface area contributed by atoms with Gasteiger partial charge in [0.05, 0.1) is 34.3 Å². The van der Waals surface area contributed by atoms with Gasteiger partial charge in [0.25, 0.3) is 0 Å². The van der Waals surface area contributed by atoms with Crippen molar-refractivity contribution in [1.29, 1.82) is 0 Å².